The fraction of sp³-hybridized carbons (Fsp3) is 0.429. The van der Waals surface area contributed by atoms with Crippen LogP contribution in [-0.4, -0.2) is 43.3 Å². The minimum atomic E-state index is 0.0700. The highest BCUT2D eigenvalue weighted by Gasteiger charge is 2.22. The number of nitrogens with one attached hydrogen (secondary N) is 1. The number of likely N-dealkylation sites (N-methyl/N-ethyl adjacent to an activating group) is 1. The van der Waals surface area contributed by atoms with E-state index < -0.39 is 0 Å². The average Bonchev–Trinajstić information content (AvgIpc) is 2.69. The first kappa shape index (κ1) is 19.1. The molecule has 0 unspecified atom stereocenters. The second kappa shape index (κ2) is 8.80. The van der Waals surface area contributed by atoms with Crippen molar-refractivity contribution in [3.05, 3.63) is 47.0 Å². The van der Waals surface area contributed by atoms with Gasteiger partial charge in [-0.25, -0.2) is 0 Å². The Kier molecular flexibility index (Phi) is 6.46. The third-order valence-electron chi connectivity index (χ3n) is 5.00. The van der Waals surface area contributed by atoms with Crippen LogP contribution in [-0.2, 0) is 13.0 Å². The van der Waals surface area contributed by atoms with Crippen LogP contribution in [0.25, 0.3) is 0 Å². The van der Waals surface area contributed by atoms with Gasteiger partial charge in [-0.2, -0.15) is 0 Å². The lowest BCUT2D eigenvalue weighted by atomic mass is 9.99. The van der Waals surface area contributed by atoms with Crippen LogP contribution in [0.1, 0.15) is 30.5 Å². The van der Waals surface area contributed by atoms with Crippen LogP contribution in [0, 0.1) is 0 Å². The van der Waals surface area contributed by atoms with Crippen LogP contribution in [0.15, 0.2) is 40.1 Å². The quantitative estimate of drug-likeness (QED) is 0.626. The molecule has 0 fully saturated rings. The summed E-state index contributed by atoms with van der Waals surface area (Å²) in [5, 5.41) is 13.4. The molecule has 1 heterocycles. The topological polar surface area (TPSA) is 44.7 Å². The van der Waals surface area contributed by atoms with Crippen LogP contribution < -0.4 is 10.1 Å². The SMILES string of the molecule is CCN(CC)CCNc1ccc(CO)c2c1Cc1cc(OC)ccc1S2. The van der Waals surface area contributed by atoms with Crippen LogP contribution in [0.3, 0.4) is 0 Å². The molecule has 1 aliphatic heterocycles. The number of nitrogens with zero attached hydrogens (tertiary/aromatic N) is 1. The van der Waals surface area contributed by atoms with Crippen molar-refractivity contribution in [1.29, 1.82) is 0 Å². The monoisotopic (exact) mass is 372 g/mol. The van der Waals surface area contributed by atoms with Gasteiger partial charge in [0, 0.05) is 35.0 Å². The highest BCUT2D eigenvalue weighted by atomic mass is 32.2. The summed E-state index contributed by atoms with van der Waals surface area (Å²) in [6.45, 7) is 8.56. The Bertz CT molecular complexity index is 760. The number of methoxy groups -OCH3 is 1. The normalized spacial score (nSPS) is 12.7. The second-order valence-corrected chi connectivity index (χ2v) is 7.50. The average molecular weight is 373 g/mol. The molecule has 5 heteroatoms. The summed E-state index contributed by atoms with van der Waals surface area (Å²) >= 11 is 1.75. The molecule has 4 nitrogen and oxygen atoms in total. The van der Waals surface area contributed by atoms with E-state index in [0.717, 1.165) is 43.9 Å². The minimum absolute atomic E-state index is 0.0700. The van der Waals surface area contributed by atoms with E-state index >= 15 is 0 Å². The molecule has 0 aliphatic carbocycles. The molecule has 0 spiro atoms. The molecule has 0 atom stereocenters. The fourth-order valence-electron chi connectivity index (χ4n) is 3.38. The summed E-state index contributed by atoms with van der Waals surface area (Å²) in [4.78, 5) is 4.85. The van der Waals surface area contributed by atoms with Gasteiger partial charge in [0.15, 0.2) is 0 Å². The number of hydrogen-bond acceptors (Lipinski definition) is 5. The molecule has 140 valence electrons. The van der Waals surface area contributed by atoms with Gasteiger partial charge in [0.1, 0.15) is 5.75 Å². The lowest BCUT2D eigenvalue weighted by molar-refractivity contribution is 0.278. The predicted molar refractivity (Wildman–Crippen MR) is 109 cm³/mol. The lowest BCUT2D eigenvalue weighted by Crippen LogP contribution is -2.28. The van der Waals surface area contributed by atoms with Crippen molar-refractivity contribution in [2.75, 3.05) is 38.6 Å². The predicted octanol–water partition coefficient (Wildman–Crippen LogP) is 4.00. The molecule has 2 aromatic rings. The van der Waals surface area contributed by atoms with Crippen LogP contribution in [0.5, 0.6) is 5.75 Å². The highest BCUT2D eigenvalue weighted by molar-refractivity contribution is 7.99. The van der Waals surface area contributed by atoms with E-state index in [1.807, 2.05) is 12.1 Å². The zero-order valence-electron chi connectivity index (χ0n) is 15.8. The molecule has 1 aliphatic rings. The molecule has 2 N–H and O–H groups in total. The number of fused-ring (bicyclic) bond motifs is 2. The Hall–Kier alpha value is -1.69. The van der Waals surface area contributed by atoms with Crippen molar-refractivity contribution < 1.29 is 9.84 Å². The summed E-state index contributed by atoms with van der Waals surface area (Å²) < 4.78 is 5.39. The third-order valence-corrected chi connectivity index (χ3v) is 6.33. The smallest absolute Gasteiger partial charge is 0.119 e. The van der Waals surface area contributed by atoms with E-state index in [1.54, 1.807) is 18.9 Å². The van der Waals surface area contributed by atoms with Crippen molar-refractivity contribution in [2.45, 2.75) is 36.7 Å². The fourth-order valence-corrected chi connectivity index (χ4v) is 4.57. The zero-order valence-corrected chi connectivity index (χ0v) is 16.7. The molecular weight excluding hydrogens is 344 g/mol. The number of rotatable bonds is 8. The molecule has 26 heavy (non-hydrogen) atoms. The third kappa shape index (κ3) is 4.00. The van der Waals surface area contributed by atoms with Crippen LogP contribution in [0.4, 0.5) is 5.69 Å². The van der Waals surface area contributed by atoms with Crippen molar-refractivity contribution in [3.8, 4) is 5.75 Å². The summed E-state index contributed by atoms with van der Waals surface area (Å²) in [6, 6.07) is 10.4. The standard InChI is InChI=1S/C21H28N2O2S/c1-4-23(5-2)11-10-22-19-8-6-15(14-24)21-18(19)13-16-12-17(25-3)7-9-20(16)26-21/h6-9,12,22,24H,4-5,10-11,13-14H2,1-3H3. The summed E-state index contributed by atoms with van der Waals surface area (Å²) in [5.41, 5.74) is 4.73. The van der Waals surface area contributed by atoms with Gasteiger partial charge in [-0.3, -0.25) is 0 Å². The Morgan fingerprint density at radius 2 is 2.00 bits per heavy atom. The molecule has 0 bridgehead atoms. The van der Waals surface area contributed by atoms with Gasteiger partial charge in [-0.05, 0) is 54.0 Å². The maximum absolute atomic E-state index is 9.77. The molecule has 0 radical (unpaired) electrons. The number of aliphatic hydroxyl groups is 1. The highest BCUT2D eigenvalue weighted by Crippen LogP contribution is 2.45. The van der Waals surface area contributed by atoms with Gasteiger partial charge in [0.2, 0.25) is 0 Å². The van der Waals surface area contributed by atoms with E-state index in [-0.39, 0.29) is 6.61 Å². The molecule has 0 aromatic heterocycles. The van der Waals surface area contributed by atoms with Gasteiger partial charge in [-0.15, -0.1) is 0 Å². The Labute approximate surface area is 160 Å². The molecule has 0 saturated heterocycles. The van der Waals surface area contributed by atoms with Crippen molar-refractivity contribution in [2.24, 2.45) is 0 Å². The second-order valence-electron chi connectivity index (χ2n) is 6.44. The number of hydrogen-bond donors (Lipinski definition) is 2. The van der Waals surface area contributed by atoms with E-state index in [1.165, 1.54) is 26.6 Å². The first-order valence-electron chi connectivity index (χ1n) is 9.26. The minimum Gasteiger partial charge on any atom is -0.497 e. The molecule has 0 amide bonds. The zero-order chi connectivity index (χ0) is 18.5. The van der Waals surface area contributed by atoms with Gasteiger partial charge in [0.25, 0.3) is 0 Å². The van der Waals surface area contributed by atoms with Gasteiger partial charge in [0.05, 0.1) is 13.7 Å². The van der Waals surface area contributed by atoms with E-state index in [9.17, 15) is 5.11 Å². The van der Waals surface area contributed by atoms with Crippen molar-refractivity contribution in [1.82, 2.24) is 4.90 Å². The lowest BCUT2D eigenvalue weighted by Gasteiger charge is -2.25. The molecule has 3 rings (SSSR count). The van der Waals surface area contributed by atoms with Gasteiger partial charge >= 0.3 is 0 Å². The number of ether oxygens (including phenoxy) is 1. The summed E-state index contributed by atoms with van der Waals surface area (Å²) in [7, 11) is 1.70. The van der Waals surface area contributed by atoms with E-state index in [0.29, 0.717) is 0 Å². The Morgan fingerprint density at radius 3 is 2.69 bits per heavy atom. The Morgan fingerprint density at radius 1 is 1.19 bits per heavy atom. The largest absolute Gasteiger partial charge is 0.497 e. The number of aliphatic hydroxyl groups excluding tert-OH is 1. The van der Waals surface area contributed by atoms with E-state index in [2.05, 4.69) is 42.3 Å². The van der Waals surface area contributed by atoms with Crippen molar-refractivity contribution >= 4 is 17.4 Å². The Balaban J connectivity index is 1.85. The molecular formula is C21H28N2O2S. The maximum Gasteiger partial charge on any atom is 0.119 e. The number of benzene rings is 2. The van der Waals surface area contributed by atoms with E-state index in [4.69, 9.17) is 4.74 Å². The maximum atomic E-state index is 9.77. The summed E-state index contributed by atoms with van der Waals surface area (Å²) in [6.07, 6.45) is 0.857. The first-order valence-corrected chi connectivity index (χ1v) is 10.1. The van der Waals surface area contributed by atoms with Crippen LogP contribution >= 0.6 is 11.8 Å². The van der Waals surface area contributed by atoms with Crippen molar-refractivity contribution in [3.63, 3.8) is 0 Å². The molecule has 0 saturated carbocycles. The van der Waals surface area contributed by atoms with Gasteiger partial charge in [-0.1, -0.05) is 31.7 Å². The van der Waals surface area contributed by atoms with Crippen LogP contribution in [0.2, 0.25) is 0 Å². The molecule has 2 aromatic carbocycles. The first-order chi connectivity index (χ1) is 12.7. The van der Waals surface area contributed by atoms with Gasteiger partial charge < -0.3 is 20.1 Å². The summed E-state index contributed by atoms with van der Waals surface area (Å²) in [5.74, 6) is 0.891. The number of anilines is 1.